The Morgan fingerprint density at radius 2 is 1.82 bits per heavy atom. The van der Waals surface area contributed by atoms with Gasteiger partial charge in [0, 0.05) is 6.04 Å². The largest absolute Gasteiger partial charge is 0.419 e. The molecule has 0 amide bonds. The summed E-state index contributed by atoms with van der Waals surface area (Å²) in [6.07, 6.45) is -3.04. The summed E-state index contributed by atoms with van der Waals surface area (Å²) in [4.78, 5) is 0. The van der Waals surface area contributed by atoms with Crippen LogP contribution >= 0.6 is 12.4 Å². The molecular weight excluding hydrogens is 258 g/mol. The highest BCUT2D eigenvalue weighted by Gasteiger charge is 2.35. The molecule has 1 nitrogen and oxygen atoms in total. The summed E-state index contributed by atoms with van der Waals surface area (Å²) in [5, 5.41) is 0. The standard InChI is InChI=1S/C11H11F4N.ClH/c12-10-5-7-3-8(16)2-1-6(7)4-9(10)11(13,14)15;/h4-5,8H,1-3,16H2;1H. The maximum atomic E-state index is 13.2. The lowest BCUT2D eigenvalue weighted by Crippen LogP contribution is -2.28. The zero-order valence-electron chi connectivity index (χ0n) is 8.85. The summed E-state index contributed by atoms with van der Waals surface area (Å²) >= 11 is 0. The molecule has 17 heavy (non-hydrogen) atoms. The maximum absolute atomic E-state index is 13.2. The molecule has 0 fully saturated rings. The Kier molecular flexibility index (Phi) is 4.04. The van der Waals surface area contributed by atoms with Gasteiger partial charge in [0.1, 0.15) is 5.82 Å². The summed E-state index contributed by atoms with van der Waals surface area (Å²) in [5.74, 6) is -1.21. The van der Waals surface area contributed by atoms with E-state index < -0.39 is 17.6 Å². The first kappa shape index (κ1) is 14.3. The molecule has 0 spiro atoms. The first-order chi connectivity index (χ1) is 7.38. The van der Waals surface area contributed by atoms with Gasteiger partial charge in [-0.05, 0) is 42.5 Å². The molecule has 2 N–H and O–H groups in total. The molecule has 0 saturated carbocycles. The van der Waals surface area contributed by atoms with Gasteiger partial charge >= 0.3 is 6.18 Å². The second-order valence-corrected chi connectivity index (χ2v) is 4.10. The fourth-order valence-electron chi connectivity index (χ4n) is 2.02. The molecule has 1 aliphatic carbocycles. The number of hydrogen-bond donors (Lipinski definition) is 1. The van der Waals surface area contributed by atoms with E-state index in [-0.39, 0.29) is 18.4 Å². The molecule has 0 bridgehead atoms. The van der Waals surface area contributed by atoms with Crippen LogP contribution in [0.2, 0.25) is 0 Å². The van der Waals surface area contributed by atoms with Crippen molar-refractivity contribution >= 4 is 12.4 Å². The summed E-state index contributed by atoms with van der Waals surface area (Å²) in [6, 6.07) is 1.80. The monoisotopic (exact) mass is 269 g/mol. The second-order valence-electron chi connectivity index (χ2n) is 4.10. The van der Waals surface area contributed by atoms with Crippen LogP contribution in [-0.2, 0) is 19.0 Å². The molecule has 0 aromatic heterocycles. The molecule has 1 aromatic carbocycles. The van der Waals surface area contributed by atoms with Crippen molar-refractivity contribution in [2.75, 3.05) is 0 Å². The van der Waals surface area contributed by atoms with Gasteiger partial charge in [-0.3, -0.25) is 0 Å². The predicted molar refractivity (Wildman–Crippen MR) is 58.7 cm³/mol. The van der Waals surface area contributed by atoms with E-state index in [1.807, 2.05) is 0 Å². The van der Waals surface area contributed by atoms with Crippen molar-refractivity contribution in [2.24, 2.45) is 5.73 Å². The molecule has 1 aromatic rings. The van der Waals surface area contributed by atoms with Crippen LogP contribution in [-0.4, -0.2) is 6.04 Å². The van der Waals surface area contributed by atoms with Gasteiger partial charge in [0.05, 0.1) is 5.56 Å². The molecule has 1 unspecified atom stereocenters. The predicted octanol–water partition coefficient (Wildman–Crippen LogP) is 3.08. The van der Waals surface area contributed by atoms with Crippen LogP contribution in [0.1, 0.15) is 23.1 Å². The Morgan fingerprint density at radius 3 is 2.41 bits per heavy atom. The normalized spacial score (nSPS) is 19.5. The van der Waals surface area contributed by atoms with E-state index in [1.54, 1.807) is 0 Å². The van der Waals surface area contributed by atoms with Crippen molar-refractivity contribution in [3.8, 4) is 0 Å². The summed E-state index contributed by atoms with van der Waals surface area (Å²) in [5.41, 5.74) is 5.67. The fourth-order valence-corrected chi connectivity index (χ4v) is 2.02. The van der Waals surface area contributed by atoms with E-state index in [9.17, 15) is 17.6 Å². The van der Waals surface area contributed by atoms with Crippen molar-refractivity contribution in [1.82, 2.24) is 0 Å². The van der Waals surface area contributed by atoms with E-state index in [4.69, 9.17) is 5.73 Å². The van der Waals surface area contributed by atoms with Gasteiger partial charge in [0.2, 0.25) is 0 Å². The molecular formula is C11H12ClF4N. The zero-order chi connectivity index (χ0) is 11.9. The van der Waals surface area contributed by atoms with Gasteiger partial charge < -0.3 is 5.73 Å². The van der Waals surface area contributed by atoms with Crippen molar-refractivity contribution in [2.45, 2.75) is 31.5 Å². The Morgan fingerprint density at radius 1 is 1.18 bits per heavy atom. The van der Waals surface area contributed by atoms with Crippen molar-refractivity contribution in [1.29, 1.82) is 0 Å². The minimum absolute atomic E-state index is 0. The van der Waals surface area contributed by atoms with E-state index in [0.29, 0.717) is 30.4 Å². The Labute approximate surface area is 102 Å². The van der Waals surface area contributed by atoms with Gasteiger partial charge in [0.25, 0.3) is 0 Å². The van der Waals surface area contributed by atoms with Gasteiger partial charge in [-0.25, -0.2) is 4.39 Å². The van der Waals surface area contributed by atoms with Crippen LogP contribution in [0.5, 0.6) is 0 Å². The molecule has 6 heteroatoms. The van der Waals surface area contributed by atoms with Crippen LogP contribution in [0.4, 0.5) is 17.6 Å². The third kappa shape index (κ3) is 2.90. The van der Waals surface area contributed by atoms with Gasteiger partial charge in [-0.2, -0.15) is 13.2 Å². The quantitative estimate of drug-likeness (QED) is 0.720. The molecule has 1 atom stereocenters. The molecule has 0 aliphatic heterocycles. The maximum Gasteiger partial charge on any atom is 0.419 e. The van der Waals surface area contributed by atoms with Gasteiger partial charge in [0.15, 0.2) is 0 Å². The third-order valence-electron chi connectivity index (χ3n) is 2.86. The number of aryl methyl sites for hydroxylation is 1. The third-order valence-corrected chi connectivity index (χ3v) is 2.86. The highest BCUT2D eigenvalue weighted by Crippen LogP contribution is 2.34. The summed E-state index contributed by atoms with van der Waals surface area (Å²) < 4.78 is 50.5. The first-order valence-electron chi connectivity index (χ1n) is 5.02. The Hall–Kier alpha value is -0.810. The van der Waals surface area contributed by atoms with Crippen molar-refractivity contribution in [3.63, 3.8) is 0 Å². The molecule has 0 heterocycles. The van der Waals surface area contributed by atoms with Crippen LogP contribution in [0.3, 0.4) is 0 Å². The van der Waals surface area contributed by atoms with Crippen molar-refractivity contribution < 1.29 is 17.6 Å². The van der Waals surface area contributed by atoms with Gasteiger partial charge in [-0.1, -0.05) is 0 Å². The van der Waals surface area contributed by atoms with E-state index in [2.05, 4.69) is 0 Å². The van der Waals surface area contributed by atoms with Crippen LogP contribution in [0.25, 0.3) is 0 Å². The Bertz CT molecular complexity index is 417. The Balaban J connectivity index is 0.00000144. The summed E-state index contributed by atoms with van der Waals surface area (Å²) in [7, 11) is 0. The molecule has 96 valence electrons. The number of alkyl halides is 3. The van der Waals surface area contributed by atoms with E-state index in [1.165, 1.54) is 0 Å². The molecule has 0 radical (unpaired) electrons. The fraction of sp³-hybridized carbons (Fsp3) is 0.455. The average molecular weight is 270 g/mol. The number of halogens is 5. The zero-order valence-corrected chi connectivity index (χ0v) is 9.67. The first-order valence-corrected chi connectivity index (χ1v) is 5.02. The lowest BCUT2D eigenvalue weighted by Gasteiger charge is -2.22. The summed E-state index contributed by atoms with van der Waals surface area (Å²) in [6.45, 7) is 0. The number of fused-ring (bicyclic) bond motifs is 1. The number of hydrogen-bond acceptors (Lipinski definition) is 1. The minimum atomic E-state index is -4.63. The van der Waals surface area contributed by atoms with Crippen LogP contribution in [0, 0.1) is 5.82 Å². The SMILES string of the molecule is Cl.NC1CCc2cc(C(F)(F)F)c(F)cc2C1. The number of rotatable bonds is 0. The molecule has 1 aliphatic rings. The number of nitrogens with two attached hydrogens (primary N) is 1. The minimum Gasteiger partial charge on any atom is -0.327 e. The highest BCUT2D eigenvalue weighted by atomic mass is 35.5. The lowest BCUT2D eigenvalue weighted by atomic mass is 9.87. The lowest BCUT2D eigenvalue weighted by molar-refractivity contribution is -0.140. The van der Waals surface area contributed by atoms with E-state index >= 15 is 0 Å². The number of benzene rings is 1. The smallest absolute Gasteiger partial charge is 0.327 e. The topological polar surface area (TPSA) is 26.0 Å². The average Bonchev–Trinajstić information content (AvgIpc) is 2.14. The van der Waals surface area contributed by atoms with Gasteiger partial charge in [-0.15, -0.1) is 12.4 Å². The van der Waals surface area contributed by atoms with Crippen LogP contribution in [0.15, 0.2) is 12.1 Å². The molecule has 0 saturated heterocycles. The highest BCUT2D eigenvalue weighted by molar-refractivity contribution is 5.85. The van der Waals surface area contributed by atoms with E-state index in [0.717, 1.165) is 12.1 Å². The van der Waals surface area contributed by atoms with Crippen LogP contribution < -0.4 is 5.73 Å². The second kappa shape index (κ2) is 4.82. The van der Waals surface area contributed by atoms with Crippen molar-refractivity contribution in [3.05, 3.63) is 34.6 Å². The molecule has 2 rings (SSSR count).